The summed E-state index contributed by atoms with van der Waals surface area (Å²) in [5.74, 6) is 0.201. The monoisotopic (exact) mass is 182 g/mol. The molecule has 0 bridgehead atoms. The third kappa shape index (κ3) is 3.68. The van der Waals surface area contributed by atoms with E-state index >= 15 is 0 Å². The number of aliphatic hydroxyl groups is 2. The molecule has 0 saturated carbocycles. The third-order valence-electron chi connectivity index (χ3n) is 1.36. The molecule has 0 fully saturated rings. The first-order valence-electron chi connectivity index (χ1n) is 3.79. The second-order valence-electron chi connectivity index (χ2n) is 2.50. The molecule has 70 valence electrons. The lowest BCUT2D eigenvalue weighted by Gasteiger charge is -1.96. The second kappa shape index (κ2) is 4.59. The molecular weight excluding hydrogens is 172 g/mol. The molecule has 0 aliphatic heterocycles. The molecule has 0 spiro atoms. The molecule has 1 heterocycles. The fourth-order valence-corrected chi connectivity index (χ4v) is 0.809. The molecule has 0 aliphatic rings. The van der Waals surface area contributed by atoms with Crippen molar-refractivity contribution in [3.63, 3.8) is 0 Å². The summed E-state index contributed by atoms with van der Waals surface area (Å²) in [7, 11) is 0. The van der Waals surface area contributed by atoms with Crippen molar-refractivity contribution in [2.45, 2.75) is 12.7 Å². The molecular formula is C9H10O4. The summed E-state index contributed by atoms with van der Waals surface area (Å²) in [4.78, 5) is 10.9. The smallest absolute Gasteiger partial charge is 0.160 e. The zero-order chi connectivity index (χ0) is 9.68. The average Bonchev–Trinajstić information content (AvgIpc) is 2.51. The first-order valence-corrected chi connectivity index (χ1v) is 3.79. The minimum absolute atomic E-state index is 0.294. The zero-order valence-electron chi connectivity index (χ0n) is 6.88. The van der Waals surface area contributed by atoms with Crippen LogP contribution >= 0.6 is 0 Å². The molecule has 1 aromatic rings. The highest BCUT2D eigenvalue weighted by atomic mass is 16.5. The van der Waals surface area contributed by atoms with Gasteiger partial charge >= 0.3 is 0 Å². The molecule has 1 aromatic heterocycles. The lowest BCUT2D eigenvalue weighted by atomic mass is 10.2. The van der Waals surface area contributed by atoms with E-state index in [1.54, 1.807) is 12.1 Å². The number of ketones is 1. The van der Waals surface area contributed by atoms with Gasteiger partial charge in [0.15, 0.2) is 12.1 Å². The Hall–Kier alpha value is -1.39. The molecule has 0 radical (unpaired) electrons. The number of furan rings is 1. The second-order valence-corrected chi connectivity index (χ2v) is 2.50. The van der Waals surface area contributed by atoms with Crippen molar-refractivity contribution >= 4 is 11.9 Å². The summed E-state index contributed by atoms with van der Waals surface area (Å²) in [6, 6.07) is 3.39. The molecule has 4 nitrogen and oxygen atoms in total. The fourth-order valence-electron chi connectivity index (χ4n) is 0.809. The van der Waals surface area contributed by atoms with Gasteiger partial charge in [0, 0.05) is 0 Å². The number of allylic oxidation sites excluding steroid dienone is 1. The first-order chi connectivity index (χ1) is 6.18. The van der Waals surface area contributed by atoms with Gasteiger partial charge in [0.1, 0.15) is 5.76 Å². The van der Waals surface area contributed by atoms with E-state index in [9.17, 15) is 4.79 Å². The van der Waals surface area contributed by atoms with E-state index in [2.05, 4.69) is 0 Å². The maximum absolute atomic E-state index is 10.9. The van der Waals surface area contributed by atoms with Crippen LogP contribution in [0.25, 0.3) is 6.08 Å². The van der Waals surface area contributed by atoms with Crippen LogP contribution in [0.15, 0.2) is 28.9 Å². The van der Waals surface area contributed by atoms with Gasteiger partial charge < -0.3 is 14.6 Å². The van der Waals surface area contributed by atoms with Crippen molar-refractivity contribution in [1.82, 2.24) is 0 Å². The van der Waals surface area contributed by atoms with E-state index in [4.69, 9.17) is 14.6 Å². The van der Waals surface area contributed by atoms with Crippen LogP contribution in [0.5, 0.6) is 0 Å². The Morgan fingerprint density at radius 1 is 1.62 bits per heavy atom. The Morgan fingerprint density at radius 2 is 2.38 bits per heavy atom. The molecule has 0 unspecified atom stereocenters. The number of hydrogen-bond donors (Lipinski definition) is 2. The van der Waals surface area contributed by atoms with Crippen LogP contribution in [0.2, 0.25) is 0 Å². The number of hydrogen-bond acceptors (Lipinski definition) is 4. The molecule has 0 aromatic carbocycles. The Balaban J connectivity index is 2.44. The molecule has 2 N–H and O–H groups in total. The maximum atomic E-state index is 10.9. The van der Waals surface area contributed by atoms with Gasteiger partial charge in [-0.05, 0) is 24.3 Å². The van der Waals surface area contributed by atoms with Gasteiger partial charge in [-0.2, -0.15) is 0 Å². The van der Waals surface area contributed by atoms with Crippen molar-refractivity contribution in [2.24, 2.45) is 0 Å². The standard InChI is InChI=1S/C9H10O4/c10-7(6-9(11)12)3-4-8-2-1-5-13-8/h1-5,9,11-12H,6H2. The number of carbonyl (C=O) groups is 1. The predicted octanol–water partition coefficient (Wildman–Crippen LogP) is 0.563. The quantitative estimate of drug-likeness (QED) is 0.527. The van der Waals surface area contributed by atoms with E-state index in [1.165, 1.54) is 18.4 Å². The van der Waals surface area contributed by atoms with Crippen LogP contribution in [0.3, 0.4) is 0 Å². The highest BCUT2D eigenvalue weighted by molar-refractivity contribution is 5.93. The summed E-state index contributed by atoms with van der Waals surface area (Å²) in [5.41, 5.74) is 0. The van der Waals surface area contributed by atoms with Gasteiger partial charge in [0.25, 0.3) is 0 Å². The zero-order valence-corrected chi connectivity index (χ0v) is 6.88. The maximum Gasteiger partial charge on any atom is 0.160 e. The molecule has 4 heteroatoms. The summed E-state index contributed by atoms with van der Waals surface area (Å²) in [6.07, 6.45) is 2.33. The SMILES string of the molecule is O=C(C=Cc1ccco1)CC(O)O. The van der Waals surface area contributed by atoms with Crippen molar-refractivity contribution in [1.29, 1.82) is 0 Å². The van der Waals surface area contributed by atoms with Gasteiger partial charge in [-0.3, -0.25) is 4.79 Å². The molecule has 1 rings (SSSR count). The highest BCUT2D eigenvalue weighted by Gasteiger charge is 2.03. The largest absolute Gasteiger partial charge is 0.465 e. The minimum Gasteiger partial charge on any atom is -0.465 e. The fraction of sp³-hybridized carbons (Fsp3) is 0.222. The first kappa shape index (κ1) is 9.70. The van der Waals surface area contributed by atoms with Crippen molar-refractivity contribution in [3.05, 3.63) is 30.2 Å². The van der Waals surface area contributed by atoms with Crippen LogP contribution < -0.4 is 0 Å². The third-order valence-corrected chi connectivity index (χ3v) is 1.36. The van der Waals surface area contributed by atoms with Crippen LogP contribution in [0, 0.1) is 0 Å². The Labute approximate surface area is 75.1 Å². The van der Waals surface area contributed by atoms with Gasteiger partial charge in [-0.15, -0.1) is 0 Å². The summed E-state index contributed by atoms with van der Waals surface area (Å²) >= 11 is 0. The summed E-state index contributed by atoms with van der Waals surface area (Å²) < 4.78 is 4.92. The summed E-state index contributed by atoms with van der Waals surface area (Å²) in [6.45, 7) is 0. The minimum atomic E-state index is -1.59. The van der Waals surface area contributed by atoms with Crippen LogP contribution in [0.4, 0.5) is 0 Å². The molecule has 0 atom stereocenters. The average molecular weight is 182 g/mol. The highest BCUT2D eigenvalue weighted by Crippen LogP contribution is 2.03. The lowest BCUT2D eigenvalue weighted by Crippen LogP contribution is -2.09. The van der Waals surface area contributed by atoms with Crippen molar-refractivity contribution in [2.75, 3.05) is 0 Å². The van der Waals surface area contributed by atoms with E-state index in [0.717, 1.165) is 0 Å². The van der Waals surface area contributed by atoms with E-state index < -0.39 is 6.29 Å². The molecule has 0 saturated heterocycles. The summed E-state index contributed by atoms with van der Waals surface area (Å²) in [5, 5.41) is 16.9. The Morgan fingerprint density at radius 3 is 2.92 bits per heavy atom. The molecule has 0 amide bonds. The van der Waals surface area contributed by atoms with Gasteiger partial charge in [-0.25, -0.2) is 0 Å². The molecule has 13 heavy (non-hydrogen) atoms. The van der Waals surface area contributed by atoms with Crippen LogP contribution in [0.1, 0.15) is 12.2 Å². The Kier molecular flexibility index (Phi) is 3.42. The van der Waals surface area contributed by atoms with Crippen LogP contribution in [-0.2, 0) is 4.79 Å². The van der Waals surface area contributed by atoms with Crippen LogP contribution in [-0.4, -0.2) is 22.3 Å². The topological polar surface area (TPSA) is 70.7 Å². The number of rotatable bonds is 4. The van der Waals surface area contributed by atoms with Gasteiger partial charge in [-0.1, -0.05) is 0 Å². The van der Waals surface area contributed by atoms with Crippen molar-refractivity contribution < 1.29 is 19.4 Å². The predicted molar refractivity (Wildman–Crippen MR) is 45.6 cm³/mol. The number of carbonyl (C=O) groups excluding carboxylic acids is 1. The van der Waals surface area contributed by atoms with Gasteiger partial charge in [0.2, 0.25) is 0 Å². The van der Waals surface area contributed by atoms with E-state index in [-0.39, 0.29) is 12.2 Å². The Bertz CT molecular complexity index is 285. The van der Waals surface area contributed by atoms with Crippen molar-refractivity contribution in [3.8, 4) is 0 Å². The normalized spacial score (nSPS) is 11.3. The van der Waals surface area contributed by atoms with E-state index in [0.29, 0.717) is 5.76 Å². The van der Waals surface area contributed by atoms with Gasteiger partial charge in [0.05, 0.1) is 12.7 Å². The number of aliphatic hydroxyl groups excluding tert-OH is 1. The lowest BCUT2D eigenvalue weighted by molar-refractivity contribution is -0.122. The van der Waals surface area contributed by atoms with E-state index in [1.807, 2.05) is 0 Å². The molecule has 0 aliphatic carbocycles.